The molecule has 10 nitrogen and oxygen atoms in total. The molecule has 10 heteroatoms. The number of hydrogen-bond acceptors (Lipinski definition) is 6. The van der Waals surface area contributed by atoms with Crippen LogP contribution in [0.15, 0.2) is 66.7 Å². The fourth-order valence-electron chi connectivity index (χ4n) is 4.40. The van der Waals surface area contributed by atoms with E-state index in [0.29, 0.717) is 59.9 Å². The number of benzene rings is 3. The monoisotopic (exact) mass is 541 g/mol. The van der Waals surface area contributed by atoms with Crippen LogP contribution in [-0.4, -0.2) is 54.3 Å². The topological polar surface area (TPSA) is 143 Å². The lowest BCUT2D eigenvalue weighted by Gasteiger charge is -2.24. The summed E-state index contributed by atoms with van der Waals surface area (Å²) in [5, 5.41) is 8.37. The van der Waals surface area contributed by atoms with Gasteiger partial charge in [-0.3, -0.25) is 19.2 Å². The number of nitrogens with two attached hydrogens (primary N) is 1. The van der Waals surface area contributed by atoms with Crippen LogP contribution in [-0.2, 0) is 11.3 Å². The first kappa shape index (κ1) is 26.9. The first-order chi connectivity index (χ1) is 19.4. The third kappa shape index (κ3) is 6.47. The molecule has 2 aliphatic rings. The predicted molar refractivity (Wildman–Crippen MR) is 150 cm³/mol. The number of hydrogen-bond donors (Lipinski definition) is 4. The van der Waals surface area contributed by atoms with Crippen molar-refractivity contribution >= 4 is 35.0 Å². The van der Waals surface area contributed by atoms with Crippen LogP contribution in [0, 0.1) is 0 Å². The molecule has 1 aliphatic carbocycles. The fraction of sp³-hybridized carbons (Fsp3) is 0.267. The average Bonchev–Trinajstić information content (AvgIpc) is 3.81. The number of rotatable bonds is 10. The Hall–Kier alpha value is -4.70. The molecule has 1 saturated carbocycles. The molecule has 3 aromatic carbocycles. The zero-order valence-corrected chi connectivity index (χ0v) is 21.9. The Morgan fingerprint density at radius 3 is 2.30 bits per heavy atom. The van der Waals surface area contributed by atoms with Gasteiger partial charge in [-0.05, 0) is 86.0 Å². The molecule has 1 fully saturated rings. The highest BCUT2D eigenvalue weighted by Gasteiger charge is 2.33. The SMILES string of the molecule is NCCCNC(=O)c1ccc(NC(=O)c2ccc(CN(C(=O)c3ccc4c(c3)OCC(=O)N4)C3CC3)cc2)cc1. The zero-order chi connectivity index (χ0) is 28.1. The van der Waals surface area contributed by atoms with E-state index in [0.717, 1.165) is 18.4 Å². The summed E-state index contributed by atoms with van der Waals surface area (Å²) in [5.74, 6) is -0.307. The van der Waals surface area contributed by atoms with Gasteiger partial charge in [-0.2, -0.15) is 0 Å². The van der Waals surface area contributed by atoms with E-state index in [1.54, 1.807) is 54.6 Å². The van der Waals surface area contributed by atoms with Crippen molar-refractivity contribution in [2.24, 2.45) is 5.73 Å². The van der Waals surface area contributed by atoms with E-state index in [4.69, 9.17) is 10.5 Å². The van der Waals surface area contributed by atoms with Gasteiger partial charge in [0.2, 0.25) is 0 Å². The molecule has 5 N–H and O–H groups in total. The number of fused-ring (bicyclic) bond motifs is 1. The maximum absolute atomic E-state index is 13.4. The summed E-state index contributed by atoms with van der Waals surface area (Å²) >= 11 is 0. The molecule has 0 spiro atoms. The Bertz CT molecular complexity index is 1420. The standard InChI is InChI=1S/C30H31N5O5/c31-14-1-15-32-28(37)20-6-9-23(10-7-20)33-29(38)21-4-2-19(3-5-21)17-35(24-11-12-24)30(39)22-8-13-25-26(16-22)40-18-27(36)34-25/h2-10,13,16,24H,1,11-12,14-15,17-18,31H2,(H,32,37)(H,33,38)(H,34,36). The summed E-state index contributed by atoms with van der Waals surface area (Å²) in [7, 11) is 0. The Balaban J connectivity index is 1.19. The summed E-state index contributed by atoms with van der Waals surface area (Å²) in [6.07, 6.45) is 2.59. The Labute approximate surface area is 231 Å². The van der Waals surface area contributed by atoms with Crippen molar-refractivity contribution in [2.45, 2.75) is 31.8 Å². The van der Waals surface area contributed by atoms with Gasteiger partial charge in [-0.25, -0.2) is 0 Å². The highest BCUT2D eigenvalue weighted by Crippen LogP contribution is 2.33. The van der Waals surface area contributed by atoms with Crippen LogP contribution in [0.4, 0.5) is 11.4 Å². The largest absolute Gasteiger partial charge is 0.482 e. The van der Waals surface area contributed by atoms with Crippen molar-refractivity contribution in [3.63, 3.8) is 0 Å². The normalized spacial score (nSPS) is 13.9. The molecule has 1 heterocycles. The number of nitrogens with one attached hydrogen (secondary N) is 3. The van der Waals surface area contributed by atoms with E-state index in [9.17, 15) is 19.2 Å². The maximum Gasteiger partial charge on any atom is 0.262 e. The summed E-state index contributed by atoms with van der Waals surface area (Å²) in [4.78, 5) is 51.7. The Kier molecular flexibility index (Phi) is 8.07. The van der Waals surface area contributed by atoms with E-state index in [-0.39, 0.29) is 36.3 Å². The van der Waals surface area contributed by atoms with Crippen molar-refractivity contribution in [1.82, 2.24) is 10.2 Å². The molecule has 0 saturated heterocycles. The summed E-state index contributed by atoms with van der Waals surface area (Å²) in [6, 6.07) is 19.0. The second-order valence-corrected chi connectivity index (χ2v) is 9.84. The van der Waals surface area contributed by atoms with Gasteiger partial charge in [0, 0.05) is 41.5 Å². The molecular weight excluding hydrogens is 510 g/mol. The van der Waals surface area contributed by atoms with Gasteiger partial charge in [0.15, 0.2) is 6.61 Å². The lowest BCUT2D eigenvalue weighted by molar-refractivity contribution is -0.118. The van der Waals surface area contributed by atoms with Gasteiger partial charge in [0.1, 0.15) is 5.75 Å². The summed E-state index contributed by atoms with van der Waals surface area (Å²) < 4.78 is 5.47. The molecule has 0 bridgehead atoms. The molecule has 1 aliphatic heterocycles. The minimum atomic E-state index is -0.275. The third-order valence-electron chi connectivity index (χ3n) is 6.75. The molecule has 4 amide bonds. The van der Waals surface area contributed by atoms with Crippen LogP contribution in [0.3, 0.4) is 0 Å². The minimum absolute atomic E-state index is 0.0744. The average molecular weight is 542 g/mol. The van der Waals surface area contributed by atoms with Crippen molar-refractivity contribution in [3.8, 4) is 5.75 Å². The van der Waals surface area contributed by atoms with Crippen LogP contribution in [0.25, 0.3) is 0 Å². The quantitative estimate of drug-likeness (QED) is 0.291. The molecule has 0 atom stereocenters. The van der Waals surface area contributed by atoms with Gasteiger partial charge in [0.25, 0.3) is 23.6 Å². The number of carbonyl (C=O) groups is 4. The number of carbonyl (C=O) groups excluding carboxylic acids is 4. The fourth-order valence-corrected chi connectivity index (χ4v) is 4.40. The molecule has 0 unspecified atom stereocenters. The Morgan fingerprint density at radius 2 is 1.60 bits per heavy atom. The Morgan fingerprint density at radius 1 is 0.925 bits per heavy atom. The van der Waals surface area contributed by atoms with Gasteiger partial charge in [-0.15, -0.1) is 0 Å². The summed E-state index contributed by atoms with van der Waals surface area (Å²) in [5.41, 5.74) is 8.96. The molecule has 206 valence electrons. The van der Waals surface area contributed by atoms with Gasteiger partial charge >= 0.3 is 0 Å². The minimum Gasteiger partial charge on any atom is -0.482 e. The second kappa shape index (κ2) is 12.0. The van der Waals surface area contributed by atoms with Crippen LogP contribution >= 0.6 is 0 Å². The van der Waals surface area contributed by atoms with E-state index >= 15 is 0 Å². The molecule has 3 aromatic rings. The van der Waals surface area contributed by atoms with E-state index in [1.807, 2.05) is 17.0 Å². The van der Waals surface area contributed by atoms with Crippen LogP contribution in [0.5, 0.6) is 5.75 Å². The van der Waals surface area contributed by atoms with Gasteiger partial charge in [0.05, 0.1) is 5.69 Å². The number of amides is 4. The molecular formula is C30H31N5O5. The highest BCUT2D eigenvalue weighted by atomic mass is 16.5. The molecule has 0 aromatic heterocycles. The number of anilines is 2. The lowest BCUT2D eigenvalue weighted by atomic mass is 10.1. The predicted octanol–water partition coefficient (Wildman–Crippen LogP) is 3.15. The molecule has 40 heavy (non-hydrogen) atoms. The van der Waals surface area contributed by atoms with Crippen molar-refractivity contribution in [3.05, 3.63) is 89.0 Å². The highest BCUT2D eigenvalue weighted by molar-refractivity contribution is 6.04. The first-order valence-corrected chi connectivity index (χ1v) is 13.3. The zero-order valence-electron chi connectivity index (χ0n) is 21.9. The van der Waals surface area contributed by atoms with Crippen LogP contribution < -0.4 is 26.4 Å². The second-order valence-electron chi connectivity index (χ2n) is 9.84. The van der Waals surface area contributed by atoms with Crippen LogP contribution in [0.2, 0.25) is 0 Å². The molecule has 5 rings (SSSR count). The smallest absolute Gasteiger partial charge is 0.262 e. The van der Waals surface area contributed by atoms with E-state index < -0.39 is 0 Å². The van der Waals surface area contributed by atoms with Crippen LogP contribution in [0.1, 0.15) is 55.9 Å². The van der Waals surface area contributed by atoms with E-state index in [1.165, 1.54) is 0 Å². The van der Waals surface area contributed by atoms with E-state index in [2.05, 4.69) is 16.0 Å². The lowest BCUT2D eigenvalue weighted by Crippen LogP contribution is -2.33. The summed E-state index contributed by atoms with van der Waals surface area (Å²) in [6.45, 7) is 1.36. The first-order valence-electron chi connectivity index (χ1n) is 13.3. The number of nitrogens with zero attached hydrogens (tertiary/aromatic N) is 1. The third-order valence-corrected chi connectivity index (χ3v) is 6.75. The molecule has 0 radical (unpaired) electrons. The van der Waals surface area contributed by atoms with Crippen molar-refractivity contribution in [1.29, 1.82) is 0 Å². The van der Waals surface area contributed by atoms with Gasteiger partial charge in [-0.1, -0.05) is 12.1 Å². The van der Waals surface area contributed by atoms with Crippen molar-refractivity contribution < 1.29 is 23.9 Å². The maximum atomic E-state index is 13.4. The number of ether oxygens (including phenoxy) is 1. The van der Waals surface area contributed by atoms with Gasteiger partial charge < -0.3 is 31.3 Å². The van der Waals surface area contributed by atoms with Crippen molar-refractivity contribution in [2.75, 3.05) is 30.3 Å².